The number of nitrogens with zero attached hydrogens (tertiary/aromatic N) is 3. The van der Waals surface area contributed by atoms with Crippen LogP contribution in [0.15, 0.2) is 46.7 Å². The molecule has 0 bridgehead atoms. The molecule has 2 heterocycles. The van der Waals surface area contributed by atoms with Crippen molar-refractivity contribution in [2.24, 2.45) is 0 Å². The van der Waals surface area contributed by atoms with Gasteiger partial charge in [-0.25, -0.2) is 4.98 Å². The molecule has 24 heavy (non-hydrogen) atoms. The van der Waals surface area contributed by atoms with Gasteiger partial charge in [-0.05, 0) is 12.5 Å². The third kappa shape index (κ3) is 3.08. The summed E-state index contributed by atoms with van der Waals surface area (Å²) < 4.78 is 1.44. The molecule has 3 rings (SSSR count). The van der Waals surface area contributed by atoms with Gasteiger partial charge in [0.1, 0.15) is 5.56 Å². The summed E-state index contributed by atoms with van der Waals surface area (Å²) in [6.45, 7) is 2.10. The van der Waals surface area contributed by atoms with Gasteiger partial charge in [-0.1, -0.05) is 30.3 Å². The topological polar surface area (TPSA) is 74.9 Å². The van der Waals surface area contributed by atoms with E-state index < -0.39 is 5.91 Å². The summed E-state index contributed by atoms with van der Waals surface area (Å²) in [7, 11) is 0. The fourth-order valence-corrected chi connectivity index (χ4v) is 3.35. The van der Waals surface area contributed by atoms with Crippen molar-refractivity contribution in [2.45, 2.75) is 13.5 Å². The largest absolute Gasteiger partial charge is 0.395 e. The number of aliphatic hydroxyl groups is 1. The third-order valence-corrected chi connectivity index (χ3v) is 4.68. The number of aliphatic hydroxyl groups excluding tert-OH is 1. The zero-order valence-corrected chi connectivity index (χ0v) is 14.0. The van der Waals surface area contributed by atoms with Gasteiger partial charge in [0.25, 0.3) is 11.5 Å². The van der Waals surface area contributed by atoms with E-state index in [1.165, 1.54) is 26.8 Å². The number of rotatable bonds is 5. The minimum atomic E-state index is -0.426. The monoisotopic (exact) mass is 343 g/mol. The second-order valence-corrected chi connectivity index (χ2v) is 6.24. The van der Waals surface area contributed by atoms with E-state index in [1.807, 2.05) is 35.7 Å². The fourth-order valence-electron chi connectivity index (χ4n) is 2.52. The Bertz CT molecular complexity index is 918. The molecule has 1 N–H and O–H groups in total. The Labute approximate surface area is 142 Å². The summed E-state index contributed by atoms with van der Waals surface area (Å²) in [5.41, 5.74) is 1.32. The second-order valence-electron chi connectivity index (χ2n) is 5.41. The Morgan fingerprint density at radius 1 is 1.33 bits per heavy atom. The molecule has 0 aliphatic carbocycles. The molecule has 124 valence electrons. The standard InChI is InChI=1S/C17H17N3O3S/c1-12-11-24-17-18-9-14(16(23)20(12)17)15(22)19(7-8-21)10-13-5-3-2-4-6-13/h2-6,9,11,21H,7-8,10H2,1H3. The Morgan fingerprint density at radius 2 is 2.08 bits per heavy atom. The van der Waals surface area contributed by atoms with Crippen molar-refractivity contribution >= 4 is 22.2 Å². The van der Waals surface area contributed by atoms with Crippen LogP contribution in [0.5, 0.6) is 0 Å². The Hall–Kier alpha value is -2.51. The fraction of sp³-hybridized carbons (Fsp3) is 0.235. The molecule has 0 saturated carbocycles. The summed E-state index contributed by atoms with van der Waals surface area (Å²) >= 11 is 1.36. The van der Waals surface area contributed by atoms with Crippen molar-refractivity contribution in [1.29, 1.82) is 0 Å². The second kappa shape index (κ2) is 6.94. The molecule has 6 nitrogen and oxygen atoms in total. The summed E-state index contributed by atoms with van der Waals surface area (Å²) in [6, 6.07) is 9.46. The number of carbonyl (C=O) groups is 1. The smallest absolute Gasteiger partial charge is 0.271 e. The number of aromatic nitrogens is 2. The first-order valence-corrected chi connectivity index (χ1v) is 8.39. The summed E-state index contributed by atoms with van der Waals surface area (Å²) in [4.78, 5) is 31.7. The lowest BCUT2D eigenvalue weighted by molar-refractivity contribution is 0.0705. The van der Waals surface area contributed by atoms with E-state index in [-0.39, 0.29) is 24.3 Å². The molecule has 0 aliphatic heterocycles. The number of thiazole rings is 1. The number of amides is 1. The van der Waals surface area contributed by atoms with Gasteiger partial charge in [0.2, 0.25) is 0 Å². The minimum absolute atomic E-state index is 0.0124. The van der Waals surface area contributed by atoms with Crippen LogP contribution in [0.2, 0.25) is 0 Å². The van der Waals surface area contributed by atoms with Crippen LogP contribution in [0.25, 0.3) is 4.96 Å². The molecule has 0 fully saturated rings. The highest BCUT2D eigenvalue weighted by Gasteiger charge is 2.21. The van der Waals surface area contributed by atoms with Gasteiger partial charge >= 0.3 is 0 Å². The van der Waals surface area contributed by atoms with Gasteiger partial charge in [0.05, 0.1) is 6.61 Å². The number of benzene rings is 1. The molecule has 3 aromatic rings. The maximum atomic E-state index is 12.8. The number of carbonyl (C=O) groups excluding carboxylic acids is 1. The average molecular weight is 343 g/mol. The molecular formula is C17H17N3O3S. The summed E-state index contributed by atoms with van der Waals surface area (Å²) in [6.07, 6.45) is 1.32. The van der Waals surface area contributed by atoms with Gasteiger partial charge < -0.3 is 10.0 Å². The van der Waals surface area contributed by atoms with Crippen molar-refractivity contribution in [2.75, 3.05) is 13.2 Å². The van der Waals surface area contributed by atoms with Gasteiger partial charge in [0.15, 0.2) is 4.96 Å². The van der Waals surface area contributed by atoms with Crippen LogP contribution in [-0.2, 0) is 6.54 Å². The van der Waals surface area contributed by atoms with Crippen LogP contribution in [-0.4, -0.2) is 38.4 Å². The zero-order valence-electron chi connectivity index (χ0n) is 13.2. The SMILES string of the molecule is Cc1csc2ncc(C(=O)N(CCO)Cc3ccccc3)c(=O)n12. The van der Waals surface area contributed by atoms with Crippen molar-refractivity contribution in [1.82, 2.24) is 14.3 Å². The lowest BCUT2D eigenvalue weighted by atomic mass is 10.2. The molecule has 1 aromatic carbocycles. The van der Waals surface area contributed by atoms with E-state index >= 15 is 0 Å². The molecule has 0 aliphatic rings. The molecule has 0 saturated heterocycles. The molecular weight excluding hydrogens is 326 g/mol. The van der Waals surface area contributed by atoms with Gasteiger partial charge in [0, 0.05) is 30.4 Å². The van der Waals surface area contributed by atoms with Crippen LogP contribution < -0.4 is 5.56 Å². The lowest BCUT2D eigenvalue weighted by Gasteiger charge is -2.21. The highest BCUT2D eigenvalue weighted by Crippen LogP contribution is 2.13. The van der Waals surface area contributed by atoms with Crippen molar-refractivity contribution in [3.8, 4) is 0 Å². The first-order chi connectivity index (χ1) is 11.6. The Kier molecular flexibility index (Phi) is 4.73. The molecule has 2 aromatic heterocycles. The molecule has 1 amide bonds. The number of aryl methyl sites for hydroxylation is 1. The van der Waals surface area contributed by atoms with E-state index in [2.05, 4.69) is 4.98 Å². The minimum Gasteiger partial charge on any atom is -0.395 e. The van der Waals surface area contributed by atoms with Gasteiger partial charge in [-0.15, -0.1) is 11.3 Å². The van der Waals surface area contributed by atoms with E-state index in [1.54, 1.807) is 6.92 Å². The van der Waals surface area contributed by atoms with E-state index in [0.717, 1.165) is 11.3 Å². The Balaban J connectivity index is 1.97. The number of hydrogen-bond donors (Lipinski definition) is 1. The van der Waals surface area contributed by atoms with Gasteiger partial charge in [-0.3, -0.25) is 14.0 Å². The maximum Gasteiger partial charge on any atom is 0.271 e. The van der Waals surface area contributed by atoms with Gasteiger partial charge in [-0.2, -0.15) is 0 Å². The van der Waals surface area contributed by atoms with Crippen LogP contribution in [0.3, 0.4) is 0 Å². The maximum absolute atomic E-state index is 12.8. The lowest BCUT2D eigenvalue weighted by Crippen LogP contribution is -2.37. The van der Waals surface area contributed by atoms with Crippen molar-refractivity contribution in [3.05, 3.63) is 69.1 Å². The molecule has 0 spiro atoms. The van der Waals surface area contributed by atoms with E-state index in [0.29, 0.717) is 11.5 Å². The predicted octanol–water partition coefficient (Wildman–Crippen LogP) is 1.70. The van der Waals surface area contributed by atoms with Crippen LogP contribution in [0, 0.1) is 6.92 Å². The highest BCUT2D eigenvalue weighted by atomic mass is 32.1. The van der Waals surface area contributed by atoms with Crippen LogP contribution in [0.1, 0.15) is 21.6 Å². The van der Waals surface area contributed by atoms with E-state index in [4.69, 9.17) is 0 Å². The summed E-state index contributed by atoms with van der Waals surface area (Å²) in [5.74, 6) is -0.426. The molecule has 0 radical (unpaired) electrons. The quantitative estimate of drug-likeness (QED) is 0.765. The molecule has 7 heteroatoms. The zero-order chi connectivity index (χ0) is 17.1. The van der Waals surface area contributed by atoms with Crippen molar-refractivity contribution in [3.63, 3.8) is 0 Å². The molecule has 0 unspecified atom stereocenters. The molecule has 0 atom stereocenters. The summed E-state index contributed by atoms with van der Waals surface area (Å²) in [5, 5.41) is 11.1. The first-order valence-electron chi connectivity index (χ1n) is 7.51. The van der Waals surface area contributed by atoms with Crippen molar-refractivity contribution < 1.29 is 9.90 Å². The highest BCUT2D eigenvalue weighted by molar-refractivity contribution is 7.15. The first kappa shape index (κ1) is 16.4. The third-order valence-electron chi connectivity index (χ3n) is 3.72. The van der Waals surface area contributed by atoms with E-state index in [9.17, 15) is 14.7 Å². The van der Waals surface area contributed by atoms with Crippen LogP contribution >= 0.6 is 11.3 Å². The average Bonchev–Trinajstić information content (AvgIpc) is 2.97. The van der Waals surface area contributed by atoms with Crippen LogP contribution in [0.4, 0.5) is 0 Å². The normalized spacial score (nSPS) is 10.9. The number of fused-ring (bicyclic) bond motifs is 1. The predicted molar refractivity (Wildman–Crippen MR) is 92.3 cm³/mol. The number of hydrogen-bond acceptors (Lipinski definition) is 5. The Morgan fingerprint density at radius 3 is 2.79 bits per heavy atom.